The van der Waals surface area contributed by atoms with Crippen LogP contribution in [0, 0.1) is 0 Å². The number of benzene rings is 1. The van der Waals surface area contributed by atoms with Crippen LogP contribution in [-0.2, 0) is 4.79 Å². The highest BCUT2D eigenvalue weighted by atomic mass is 16.5. The molecule has 1 aliphatic heterocycles. The third kappa shape index (κ3) is 2.20. The van der Waals surface area contributed by atoms with E-state index < -0.39 is 12.1 Å². The van der Waals surface area contributed by atoms with Gasteiger partial charge in [-0.3, -0.25) is 0 Å². The summed E-state index contributed by atoms with van der Waals surface area (Å²) in [5.74, 6) is 0.109. The van der Waals surface area contributed by atoms with Crippen molar-refractivity contribution in [1.82, 2.24) is 0 Å². The molecule has 0 fully saturated rings. The molecule has 4 nitrogen and oxygen atoms in total. The molecule has 92 valence electrons. The second kappa shape index (κ2) is 4.28. The molecule has 2 atom stereocenters. The van der Waals surface area contributed by atoms with Crippen LogP contribution in [0.1, 0.15) is 32.3 Å². The van der Waals surface area contributed by atoms with Gasteiger partial charge >= 0.3 is 5.97 Å². The van der Waals surface area contributed by atoms with E-state index in [2.05, 4.69) is 19.2 Å². The van der Waals surface area contributed by atoms with E-state index in [1.807, 2.05) is 25.1 Å². The van der Waals surface area contributed by atoms with E-state index in [1.54, 1.807) is 0 Å². The van der Waals surface area contributed by atoms with Gasteiger partial charge in [0.2, 0.25) is 6.10 Å². The van der Waals surface area contributed by atoms with Crippen molar-refractivity contribution >= 4 is 11.7 Å². The molecule has 0 aromatic heterocycles. The summed E-state index contributed by atoms with van der Waals surface area (Å²) in [5, 5.41) is 12.2. The fourth-order valence-electron chi connectivity index (χ4n) is 1.95. The highest BCUT2D eigenvalue weighted by Crippen LogP contribution is 2.34. The Bertz CT molecular complexity index is 442. The van der Waals surface area contributed by atoms with Crippen molar-refractivity contribution in [2.75, 3.05) is 5.32 Å². The number of rotatable bonds is 2. The summed E-state index contributed by atoms with van der Waals surface area (Å²) in [6.07, 6.45) is -0.826. The Labute approximate surface area is 101 Å². The molecule has 0 aliphatic carbocycles. The van der Waals surface area contributed by atoms with Crippen LogP contribution in [0.5, 0.6) is 5.75 Å². The molecule has 0 radical (unpaired) electrons. The maximum atomic E-state index is 11.0. The zero-order valence-corrected chi connectivity index (χ0v) is 10.2. The largest absolute Gasteiger partial charge is 0.478 e. The zero-order valence-electron chi connectivity index (χ0n) is 10.2. The predicted molar refractivity (Wildman–Crippen MR) is 65.7 cm³/mol. The lowest BCUT2D eigenvalue weighted by molar-refractivity contribution is -0.145. The number of fused-ring (bicyclic) bond motifs is 1. The molecule has 2 N–H and O–H groups in total. The fraction of sp³-hybridized carbons (Fsp3) is 0.462. The van der Waals surface area contributed by atoms with Crippen LogP contribution < -0.4 is 10.1 Å². The highest BCUT2D eigenvalue weighted by molar-refractivity contribution is 5.77. The average molecular weight is 235 g/mol. The van der Waals surface area contributed by atoms with Crippen molar-refractivity contribution in [2.45, 2.75) is 38.8 Å². The van der Waals surface area contributed by atoms with Gasteiger partial charge in [-0.1, -0.05) is 19.9 Å². The van der Waals surface area contributed by atoms with E-state index in [9.17, 15) is 4.79 Å². The van der Waals surface area contributed by atoms with Crippen LogP contribution in [-0.4, -0.2) is 23.2 Å². The van der Waals surface area contributed by atoms with Crippen LogP contribution in [0.3, 0.4) is 0 Å². The zero-order chi connectivity index (χ0) is 12.6. The first-order valence-corrected chi connectivity index (χ1v) is 5.79. The number of hydrogen-bond acceptors (Lipinski definition) is 3. The Morgan fingerprint density at radius 2 is 2.18 bits per heavy atom. The van der Waals surface area contributed by atoms with Gasteiger partial charge in [-0.2, -0.15) is 0 Å². The summed E-state index contributed by atoms with van der Waals surface area (Å²) < 4.78 is 5.48. The molecular formula is C13H17NO3. The van der Waals surface area contributed by atoms with E-state index in [-0.39, 0.29) is 6.04 Å². The normalized spacial score (nSPS) is 22.6. The lowest BCUT2D eigenvalue weighted by Gasteiger charge is -2.30. The summed E-state index contributed by atoms with van der Waals surface area (Å²) in [4.78, 5) is 11.0. The number of carboxylic acids is 1. The van der Waals surface area contributed by atoms with E-state index in [1.165, 1.54) is 5.56 Å². The Morgan fingerprint density at radius 3 is 2.76 bits per heavy atom. The Balaban J connectivity index is 2.32. The van der Waals surface area contributed by atoms with Crippen LogP contribution in [0.2, 0.25) is 0 Å². The first-order valence-electron chi connectivity index (χ1n) is 5.79. The van der Waals surface area contributed by atoms with Gasteiger partial charge < -0.3 is 15.2 Å². The smallest absolute Gasteiger partial charge is 0.347 e. The molecule has 0 amide bonds. The Kier molecular flexibility index (Phi) is 2.96. The van der Waals surface area contributed by atoms with E-state index >= 15 is 0 Å². The summed E-state index contributed by atoms with van der Waals surface area (Å²) >= 11 is 0. The molecule has 1 heterocycles. The first-order chi connectivity index (χ1) is 7.99. The average Bonchev–Trinajstić information content (AvgIpc) is 2.26. The van der Waals surface area contributed by atoms with E-state index in [0.717, 1.165) is 5.69 Å². The van der Waals surface area contributed by atoms with Gasteiger partial charge in [-0.25, -0.2) is 4.79 Å². The van der Waals surface area contributed by atoms with Crippen molar-refractivity contribution in [3.8, 4) is 5.75 Å². The van der Waals surface area contributed by atoms with Gasteiger partial charge in [0.1, 0.15) is 5.75 Å². The van der Waals surface area contributed by atoms with Crippen LogP contribution in [0.25, 0.3) is 0 Å². The summed E-state index contributed by atoms with van der Waals surface area (Å²) in [7, 11) is 0. The summed E-state index contributed by atoms with van der Waals surface area (Å²) in [5.41, 5.74) is 2.09. The summed E-state index contributed by atoms with van der Waals surface area (Å²) in [6.45, 7) is 6.05. The monoisotopic (exact) mass is 235 g/mol. The summed E-state index contributed by atoms with van der Waals surface area (Å²) in [6, 6.07) is 5.59. The van der Waals surface area contributed by atoms with Gasteiger partial charge in [-0.05, 0) is 30.5 Å². The van der Waals surface area contributed by atoms with Gasteiger partial charge in [0.15, 0.2) is 0 Å². The number of anilines is 1. The fourth-order valence-corrected chi connectivity index (χ4v) is 1.95. The number of carboxylic acid groups (broad SMARTS) is 1. The lowest BCUT2D eigenvalue weighted by atomic mass is 10.0. The lowest BCUT2D eigenvalue weighted by Crippen LogP contribution is -2.44. The first kappa shape index (κ1) is 11.8. The van der Waals surface area contributed by atoms with Crippen molar-refractivity contribution in [3.05, 3.63) is 23.8 Å². The van der Waals surface area contributed by atoms with Crippen LogP contribution >= 0.6 is 0 Å². The van der Waals surface area contributed by atoms with Crippen molar-refractivity contribution in [3.63, 3.8) is 0 Å². The molecule has 17 heavy (non-hydrogen) atoms. The third-order valence-electron chi connectivity index (χ3n) is 3.00. The van der Waals surface area contributed by atoms with Gasteiger partial charge in [0.25, 0.3) is 0 Å². The molecule has 0 saturated heterocycles. The van der Waals surface area contributed by atoms with Crippen LogP contribution in [0.15, 0.2) is 18.2 Å². The maximum Gasteiger partial charge on any atom is 0.347 e. The topological polar surface area (TPSA) is 58.6 Å². The van der Waals surface area contributed by atoms with Gasteiger partial charge in [0, 0.05) is 0 Å². The molecule has 1 aromatic carbocycles. The van der Waals surface area contributed by atoms with Crippen molar-refractivity contribution in [1.29, 1.82) is 0 Å². The number of hydrogen-bond donors (Lipinski definition) is 2. The van der Waals surface area contributed by atoms with E-state index in [4.69, 9.17) is 9.84 Å². The molecule has 2 unspecified atom stereocenters. The second-order valence-corrected chi connectivity index (χ2v) is 4.72. The molecule has 1 aliphatic rings. The quantitative estimate of drug-likeness (QED) is 0.826. The molecule has 1 aromatic rings. The predicted octanol–water partition coefficient (Wildman–Crippen LogP) is 2.46. The number of aliphatic carboxylic acids is 1. The Hall–Kier alpha value is -1.71. The second-order valence-electron chi connectivity index (χ2n) is 4.72. The maximum absolute atomic E-state index is 11.0. The minimum absolute atomic E-state index is 0.234. The van der Waals surface area contributed by atoms with Crippen molar-refractivity contribution in [2.24, 2.45) is 0 Å². The number of ether oxygens (including phenoxy) is 1. The molecule has 0 bridgehead atoms. The molecular weight excluding hydrogens is 218 g/mol. The van der Waals surface area contributed by atoms with E-state index in [0.29, 0.717) is 11.7 Å². The molecule has 4 heteroatoms. The standard InChI is InChI=1S/C13H17NO3/c1-7(2)9-4-5-11-10(6-9)14-8(3)12(17-11)13(15)16/h4-8,12,14H,1-3H3,(H,15,16). The highest BCUT2D eigenvalue weighted by Gasteiger charge is 2.32. The Morgan fingerprint density at radius 1 is 1.47 bits per heavy atom. The molecule has 2 rings (SSSR count). The SMILES string of the molecule is CC(C)c1ccc2c(c1)NC(C)C(C(=O)O)O2. The number of nitrogens with one attached hydrogen (secondary N) is 1. The third-order valence-corrected chi connectivity index (χ3v) is 3.00. The van der Waals surface area contributed by atoms with Crippen LogP contribution in [0.4, 0.5) is 5.69 Å². The minimum atomic E-state index is -0.941. The van der Waals surface area contributed by atoms with Gasteiger partial charge in [-0.15, -0.1) is 0 Å². The minimum Gasteiger partial charge on any atom is -0.478 e. The molecule has 0 spiro atoms. The van der Waals surface area contributed by atoms with Gasteiger partial charge in [0.05, 0.1) is 11.7 Å². The number of carbonyl (C=O) groups is 1. The molecule has 0 saturated carbocycles. The van der Waals surface area contributed by atoms with Crippen molar-refractivity contribution < 1.29 is 14.6 Å².